The summed E-state index contributed by atoms with van der Waals surface area (Å²) in [5.74, 6) is 0.797. The molecule has 17 heavy (non-hydrogen) atoms. The van der Waals surface area contributed by atoms with Crippen LogP contribution in [0, 0.1) is 5.92 Å². The van der Waals surface area contributed by atoms with Crippen molar-refractivity contribution in [2.24, 2.45) is 5.92 Å². The highest BCUT2D eigenvalue weighted by molar-refractivity contribution is 4.83. The minimum Gasteiger partial charge on any atom is -0.376 e. The standard InChI is InChI=1S/C14H24O3/c1-2-8-15-12(3-1)10-17-14-7-5-11-4-6-13(14)16-9-11/h11-14H,1-10H2. The first-order valence-electron chi connectivity index (χ1n) is 7.26. The lowest BCUT2D eigenvalue weighted by atomic mass is 10.00. The Bertz CT molecular complexity index is 230. The molecule has 0 aromatic carbocycles. The molecule has 4 rings (SSSR count). The van der Waals surface area contributed by atoms with Crippen LogP contribution in [0.4, 0.5) is 0 Å². The van der Waals surface area contributed by atoms with E-state index in [9.17, 15) is 0 Å². The Morgan fingerprint density at radius 2 is 1.88 bits per heavy atom. The summed E-state index contributed by atoms with van der Waals surface area (Å²) in [6.07, 6.45) is 9.70. The van der Waals surface area contributed by atoms with Gasteiger partial charge < -0.3 is 14.2 Å². The topological polar surface area (TPSA) is 27.7 Å². The number of hydrogen-bond acceptors (Lipinski definition) is 3. The van der Waals surface area contributed by atoms with Gasteiger partial charge in [0.25, 0.3) is 0 Å². The van der Waals surface area contributed by atoms with Crippen molar-refractivity contribution >= 4 is 0 Å². The van der Waals surface area contributed by atoms with Gasteiger partial charge in [-0.2, -0.15) is 0 Å². The van der Waals surface area contributed by atoms with E-state index in [1.807, 2.05) is 0 Å². The van der Waals surface area contributed by atoms with Crippen LogP contribution in [-0.2, 0) is 14.2 Å². The van der Waals surface area contributed by atoms with Gasteiger partial charge in [0.15, 0.2) is 0 Å². The Labute approximate surface area is 104 Å². The molecular weight excluding hydrogens is 216 g/mol. The van der Waals surface area contributed by atoms with Crippen LogP contribution in [0.5, 0.6) is 0 Å². The zero-order chi connectivity index (χ0) is 11.5. The van der Waals surface area contributed by atoms with Crippen LogP contribution in [0.2, 0.25) is 0 Å². The Morgan fingerprint density at radius 3 is 2.65 bits per heavy atom. The minimum absolute atomic E-state index is 0.327. The van der Waals surface area contributed by atoms with E-state index in [0.29, 0.717) is 18.3 Å². The number of rotatable bonds is 3. The highest BCUT2D eigenvalue weighted by Crippen LogP contribution is 2.33. The maximum absolute atomic E-state index is 6.08. The molecule has 98 valence electrons. The van der Waals surface area contributed by atoms with Gasteiger partial charge in [0.1, 0.15) is 0 Å². The highest BCUT2D eigenvalue weighted by atomic mass is 16.6. The Balaban J connectivity index is 1.47. The predicted molar refractivity (Wildman–Crippen MR) is 65.0 cm³/mol. The van der Waals surface area contributed by atoms with Gasteiger partial charge in [-0.1, -0.05) is 0 Å². The van der Waals surface area contributed by atoms with Crippen LogP contribution in [-0.4, -0.2) is 38.1 Å². The van der Waals surface area contributed by atoms with E-state index < -0.39 is 0 Å². The fraction of sp³-hybridized carbons (Fsp3) is 1.00. The Morgan fingerprint density at radius 1 is 0.941 bits per heavy atom. The van der Waals surface area contributed by atoms with E-state index in [-0.39, 0.29) is 0 Å². The van der Waals surface area contributed by atoms with Crippen LogP contribution in [0.15, 0.2) is 0 Å². The van der Waals surface area contributed by atoms with Gasteiger partial charge in [0.2, 0.25) is 0 Å². The molecule has 3 heteroatoms. The minimum atomic E-state index is 0.327. The predicted octanol–water partition coefficient (Wildman–Crippen LogP) is 2.53. The molecule has 4 aliphatic rings. The molecule has 4 fully saturated rings. The number of hydrogen-bond donors (Lipinski definition) is 0. The highest BCUT2D eigenvalue weighted by Gasteiger charge is 2.34. The van der Waals surface area contributed by atoms with Crippen molar-refractivity contribution in [3.8, 4) is 0 Å². The average molecular weight is 240 g/mol. The maximum Gasteiger partial charge on any atom is 0.0838 e. The van der Waals surface area contributed by atoms with Gasteiger partial charge in [-0.15, -0.1) is 0 Å². The van der Waals surface area contributed by atoms with Gasteiger partial charge >= 0.3 is 0 Å². The molecule has 2 bridgehead atoms. The SMILES string of the molecule is C1CCC(COC2CCC3CCC2OC3)OC1. The summed E-state index contributed by atoms with van der Waals surface area (Å²) >= 11 is 0. The van der Waals surface area contributed by atoms with Crippen LogP contribution >= 0.6 is 0 Å². The normalized spacial score (nSPS) is 42.4. The molecule has 1 aliphatic carbocycles. The number of fused-ring (bicyclic) bond motifs is 4. The fourth-order valence-corrected chi connectivity index (χ4v) is 3.29. The molecule has 4 atom stereocenters. The molecule has 0 aromatic heterocycles. The van der Waals surface area contributed by atoms with Crippen LogP contribution < -0.4 is 0 Å². The summed E-state index contributed by atoms with van der Waals surface area (Å²) in [5.41, 5.74) is 0. The van der Waals surface area contributed by atoms with Gasteiger partial charge in [-0.05, 0) is 50.9 Å². The van der Waals surface area contributed by atoms with Crippen molar-refractivity contribution in [3.63, 3.8) is 0 Å². The van der Waals surface area contributed by atoms with E-state index in [1.165, 1.54) is 44.9 Å². The molecule has 0 aromatic rings. The summed E-state index contributed by atoms with van der Waals surface area (Å²) in [7, 11) is 0. The molecule has 0 N–H and O–H groups in total. The van der Waals surface area contributed by atoms with Crippen LogP contribution in [0.1, 0.15) is 44.9 Å². The van der Waals surface area contributed by atoms with E-state index in [0.717, 1.165) is 25.7 Å². The van der Waals surface area contributed by atoms with Crippen molar-refractivity contribution in [1.82, 2.24) is 0 Å². The van der Waals surface area contributed by atoms with Crippen LogP contribution in [0.25, 0.3) is 0 Å². The largest absolute Gasteiger partial charge is 0.376 e. The molecule has 3 nitrogen and oxygen atoms in total. The van der Waals surface area contributed by atoms with Gasteiger partial charge in [0, 0.05) is 13.2 Å². The lowest BCUT2D eigenvalue weighted by Crippen LogP contribution is -2.35. The van der Waals surface area contributed by atoms with Gasteiger partial charge in [-0.25, -0.2) is 0 Å². The smallest absolute Gasteiger partial charge is 0.0838 e. The fourth-order valence-electron chi connectivity index (χ4n) is 3.29. The Kier molecular flexibility index (Phi) is 3.99. The number of ether oxygens (including phenoxy) is 3. The molecule has 0 radical (unpaired) electrons. The summed E-state index contributed by atoms with van der Waals surface area (Å²) in [4.78, 5) is 0. The van der Waals surface area contributed by atoms with Crippen LogP contribution in [0.3, 0.4) is 0 Å². The van der Waals surface area contributed by atoms with Gasteiger partial charge in [0.05, 0.1) is 24.9 Å². The third-order valence-electron chi connectivity index (χ3n) is 4.45. The van der Waals surface area contributed by atoms with Crippen molar-refractivity contribution in [3.05, 3.63) is 0 Å². The molecule has 3 heterocycles. The monoisotopic (exact) mass is 240 g/mol. The van der Waals surface area contributed by atoms with E-state index >= 15 is 0 Å². The lowest BCUT2D eigenvalue weighted by molar-refractivity contribution is -0.115. The molecule has 3 aliphatic heterocycles. The molecule has 4 unspecified atom stereocenters. The zero-order valence-electron chi connectivity index (χ0n) is 10.6. The van der Waals surface area contributed by atoms with E-state index in [1.54, 1.807) is 0 Å². The van der Waals surface area contributed by atoms with Crippen molar-refractivity contribution in [1.29, 1.82) is 0 Å². The van der Waals surface area contributed by atoms with E-state index in [2.05, 4.69) is 0 Å². The summed E-state index contributed by atoms with van der Waals surface area (Å²) < 4.78 is 17.7. The lowest BCUT2D eigenvalue weighted by Gasteiger charge is -2.30. The molecule has 1 saturated carbocycles. The summed E-state index contributed by atoms with van der Waals surface area (Å²) in [5, 5.41) is 0. The van der Waals surface area contributed by atoms with E-state index in [4.69, 9.17) is 14.2 Å². The first-order valence-corrected chi connectivity index (χ1v) is 7.26. The quantitative estimate of drug-likeness (QED) is 0.758. The maximum atomic E-state index is 6.08. The zero-order valence-corrected chi connectivity index (χ0v) is 10.6. The second-order valence-corrected chi connectivity index (χ2v) is 5.75. The Hall–Kier alpha value is -0.120. The van der Waals surface area contributed by atoms with Gasteiger partial charge in [-0.3, -0.25) is 0 Å². The van der Waals surface area contributed by atoms with Crippen molar-refractivity contribution < 1.29 is 14.2 Å². The molecular formula is C14H24O3. The first-order chi connectivity index (χ1) is 8.42. The average Bonchev–Trinajstić information content (AvgIpc) is 2.71. The summed E-state index contributed by atoms with van der Waals surface area (Å²) in [6.45, 7) is 2.65. The third kappa shape index (κ3) is 3.01. The third-order valence-corrected chi connectivity index (χ3v) is 4.45. The second kappa shape index (κ2) is 5.68. The van der Waals surface area contributed by atoms with Crippen molar-refractivity contribution in [2.75, 3.05) is 19.8 Å². The molecule has 0 amide bonds. The first kappa shape index (κ1) is 11.9. The molecule has 0 spiro atoms. The second-order valence-electron chi connectivity index (χ2n) is 5.75. The molecule has 3 saturated heterocycles. The summed E-state index contributed by atoms with van der Waals surface area (Å²) in [6, 6.07) is 0. The van der Waals surface area contributed by atoms with Crippen molar-refractivity contribution in [2.45, 2.75) is 63.3 Å².